The van der Waals surface area contributed by atoms with Gasteiger partial charge in [0.05, 0.1) is 11.3 Å². The molecule has 0 fully saturated rings. The fraction of sp³-hybridized carbons (Fsp3) is 0.190. The van der Waals surface area contributed by atoms with E-state index in [9.17, 15) is 4.79 Å². The maximum atomic E-state index is 12.7. The second kappa shape index (κ2) is 8.58. The molecule has 3 aromatic heterocycles. The van der Waals surface area contributed by atoms with E-state index in [2.05, 4.69) is 33.0 Å². The number of thioether (sulfide) groups is 1. The quantitative estimate of drug-likeness (QED) is 0.442. The Labute approximate surface area is 171 Å². The van der Waals surface area contributed by atoms with Crippen LogP contribution in [-0.2, 0) is 12.2 Å². The Bertz CT molecular complexity index is 1100. The Morgan fingerprint density at radius 1 is 1.25 bits per heavy atom. The van der Waals surface area contributed by atoms with Crippen molar-refractivity contribution in [2.24, 2.45) is 0 Å². The van der Waals surface area contributed by atoms with Gasteiger partial charge >= 0.3 is 0 Å². The van der Waals surface area contributed by atoms with Gasteiger partial charge in [0.25, 0.3) is 5.91 Å². The molecule has 28 heavy (non-hydrogen) atoms. The number of amides is 1. The van der Waals surface area contributed by atoms with E-state index in [0.717, 1.165) is 17.9 Å². The monoisotopic (exact) mass is 409 g/mol. The van der Waals surface area contributed by atoms with E-state index in [4.69, 9.17) is 4.52 Å². The van der Waals surface area contributed by atoms with Crippen molar-refractivity contribution in [3.05, 3.63) is 76.6 Å². The number of nitrogens with one attached hydrogen (secondary N) is 1. The highest BCUT2D eigenvalue weighted by Gasteiger charge is 2.14. The van der Waals surface area contributed by atoms with Crippen LogP contribution in [-0.4, -0.2) is 22.6 Å². The van der Waals surface area contributed by atoms with E-state index in [-0.39, 0.29) is 5.91 Å². The standard InChI is InChI=1S/C21H19N3O2S2/c1-14-11-16(24-26-14)13-28-21-18(6-4-9-23-21)20(25)22-10-8-15-12-27-19-7-3-2-5-17(15)19/h2-7,9,11-12H,8,10,13H2,1H3,(H,22,25). The van der Waals surface area contributed by atoms with Gasteiger partial charge < -0.3 is 9.84 Å². The second-order valence-electron chi connectivity index (χ2n) is 6.34. The molecular formula is C21H19N3O2S2. The van der Waals surface area contributed by atoms with Crippen LogP contribution in [0.15, 0.2) is 63.6 Å². The van der Waals surface area contributed by atoms with Crippen LogP contribution in [0.1, 0.15) is 27.4 Å². The van der Waals surface area contributed by atoms with Gasteiger partial charge in [-0.25, -0.2) is 4.98 Å². The minimum atomic E-state index is -0.105. The van der Waals surface area contributed by atoms with Crippen LogP contribution in [0.3, 0.4) is 0 Å². The van der Waals surface area contributed by atoms with Gasteiger partial charge in [-0.05, 0) is 47.9 Å². The summed E-state index contributed by atoms with van der Waals surface area (Å²) in [5, 5.41) is 11.1. The molecule has 0 aliphatic rings. The van der Waals surface area contributed by atoms with Gasteiger partial charge in [0.15, 0.2) is 0 Å². The number of pyridine rings is 1. The predicted molar refractivity (Wildman–Crippen MR) is 113 cm³/mol. The molecule has 0 aliphatic heterocycles. The largest absolute Gasteiger partial charge is 0.361 e. The van der Waals surface area contributed by atoms with Crippen molar-refractivity contribution in [2.75, 3.05) is 6.54 Å². The van der Waals surface area contributed by atoms with E-state index >= 15 is 0 Å². The molecule has 0 unspecified atom stereocenters. The lowest BCUT2D eigenvalue weighted by atomic mass is 10.1. The summed E-state index contributed by atoms with van der Waals surface area (Å²) < 4.78 is 6.36. The van der Waals surface area contributed by atoms with Crippen molar-refractivity contribution in [1.82, 2.24) is 15.5 Å². The molecule has 142 valence electrons. The average molecular weight is 410 g/mol. The number of thiophene rings is 1. The lowest BCUT2D eigenvalue weighted by Gasteiger charge is -2.08. The number of aromatic nitrogens is 2. The number of rotatable bonds is 7. The fourth-order valence-electron chi connectivity index (χ4n) is 2.94. The number of fused-ring (bicyclic) bond motifs is 1. The van der Waals surface area contributed by atoms with Gasteiger partial charge in [-0.15, -0.1) is 11.3 Å². The fourth-order valence-corrected chi connectivity index (χ4v) is 4.81. The van der Waals surface area contributed by atoms with Crippen LogP contribution >= 0.6 is 23.1 Å². The number of carbonyl (C=O) groups excluding carboxylic acids is 1. The first-order chi connectivity index (χ1) is 13.7. The summed E-state index contributed by atoms with van der Waals surface area (Å²) in [4.78, 5) is 17.0. The van der Waals surface area contributed by atoms with Crippen LogP contribution in [0.4, 0.5) is 0 Å². The number of hydrogen-bond acceptors (Lipinski definition) is 6. The Balaban J connectivity index is 1.38. The highest BCUT2D eigenvalue weighted by molar-refractivity contribution is 7.98. The lowest BCUT2D eigenvalue weighted by Crippen LogP contribution is -2.26. The molecule has 1 N–H and O–H groups in total. The number of benzene rings is 1. The number of hydrogen-bond donors (Lipinski definition) is 1. The first-order valence-corrected chi connectivity index (χ1v) is 10.8. The maximum Gasteiger partial charge on any atom is 0.254 e. The number of nitrogens with zero attached hydrogens (tertiary/aromatic N) is 2. The van der Waals surface area contributed by atoms with E-state index in [1.165, 1.54) is 27.4 Å². The molecule has 4 rings (SSSR count). The molecule has 0 spiro atoms. The molecule has 0 atom stereocenters. The number of aryl methyl sites for hydroxylation is 1. The zero-order chi connectivity index (χ0) is 19.3. The highest BCUT2D eigenvalue weighted by atomic mass is 32.2. The molecule has 0 aliphatic carbocycles. The Kier molecular flexibility index (Phi) is 5.73. The molecule has 0 radical (unpaired) electrons. The normalized spacial score (nSPS) is 11.0. The van der Waals surface area contributed by atoms with Crippen LogP contribution in [0.2, 0.25) is 0 Å². The van der Waals surface area contributed by atoms with Crippen LogP contribution in [0.5, 0.6) is 0 Å². The molecule has 7 heteroatoms. The van der Waals surface area contributed by atoms with Crippen molar-refractivity contribution in [3.63, 3.8) is 0 Å². The minimum absolute atomic E-state index is 0.105. The SMILES string of the molecule is Cc1cc(CSc2ncccc2C(=O)NCCc2csc3ccccc23)no1. The van der Waals surface area contributed by atoms with Gasteiger partial charge in [0.1, 0.15) is 10.8 Å². The molecule has 1 amide bonds. The summed E-state index contributed by atoms with van der Waals surface area (Å²) >= 11 is 3.22. The van der Waals surface area contributed by atoms with Gasteiger partial charge in [0.2, 0.25) is 0 Å². The van der Waals surface area contributed by atoms with Gasteiger partial charge in [0, 0.05) is 29.3 Å². The summed E-state index contributed by atoms with van der Waals surface area (Å²) in [7, 11) is 0. The van der Waals surface area contributed by atoms with Gasteiger partial charge in [-0.1, -0.05) is 35.1 Å². The van der Waals surface area contributed by atoms with Crippen molar-refractivity contribution in [3.8, 4) is 0 Å². The molecule has 0 bridgehead atoms. The molecule has 3 heterocycles. The second-order valence-corrected chi connectivity index (χ2v) is 8.21. The third-order valence-corrected chi connectivity index (χ3v) is 6.34. The zero-order valence-electron chi connectivity index (χ0n) is 15.3. The Morgan fingerprint density at radius 2 is 2.14 bits per heavy atom. The average Bonchev–Trinajstić information content (AvgIpc) is 3.33. The topological polar surface area (TPSA) is 68.0 Å². The lowest BCUT2D eigenvalue weighted by molar-refractivity contribution is 0.0950. The third kappa shape index (κ3) is 4.26. The van der Waals surface area contributed by atoms with Crippen LogP contribution in [0, 0.1) is 6.92 Å². The van der Waals surface area contributed by atoms with E-state index in [1.807, 2.05) is 25.1 Å². The smallest absolute Gasteiger partial charge is 0.254 e. The summed E-state index contributed by atoms with van der Waals surface area (Å²) in [6, 6.07) is 13.8. The molecule has 0 saturated carbocycles. The maximum absolute atomic E-state index is 12.7. The van der Waals surface area contributed by atoms with E-state index < -0.39 is 0 Å². The summed E-state index contributed by atoms with van der Waals surface area (Å²) in [5.74, 6) is 1.28. The Morgan fingerprint density at radius 3 is 3.00 bits per heavy atom. The van der Waals surface area contributed by atoms with Crippen molar-refractivity contribution < 1.29 is 9.32 Å². The van der Waals surface area contributed by atoms with Crippen molar-refractivity contribution in [1.29, 1.82) is 0 Å². The van der Waals surface area contributed by atoms with Crippen LogP contribution in [0.25, 0.3) is 10.1 Å². The number of carbonyl (C=O) groups is 1. The minimum Gasteiger partial charge on any atom is -0.361 e. The molecule has 1 aromatic carbocycles. The van der Waals surface area contributed by atoms with Gasteiger partial charge in [-0.3, -0.25) is 4.79 Å². The third-order valence-electron chi connectivity index (χ3n) is 4.29. The van der Waals surface area contributed by atoms with Crippen molar-refractivity contribution in [2.45, 2.75) is 24.1 Å². The zero-order valence-corrected chi connectivity index (χ0v) is 17.0. The van der Waals surface area contributed by atoms with Crippen molar-refractivity contribution >= 4 is 39.1 Å². The summed E-state index contributed by atoms with van der Waals surface area (Å²) in [5.41, 5.74) is 2.69. The predicted octanol–water partition coefficient (Wildman–Crippen LogP) is 4.86. The Hall–Kier alpha value is -2.64. The molecule has 4 aromatic rings. The summed E-state index contributed by atoms with van der Waals surface area (Å²) in [6.07, 6.45) is 2.50. The van der Waals surface area contributed by atoms with Gasteiger partial charge in [-0.2, -0.15) is 0 Å². The van der Waals surface area contributed by atoms with Crippen LogP contribution < -0.4 is 5.32 Å². The highest BCUT2D eigenvalue weighted by Crippen LogP contribution is 2.26. The molecular weight excluding hydrogens is 390 g/mol. The molecule has 0 saturated heterocycles. The summed E-state index contributed by atoms with van der Waals surface area (Å²) in [6.45, 7) is 2.44. The van der Waals surface area contributed by atoms with E-state index in [1.54, 1.807) is 29.7 Å². The van der Waals surface area contributed by atoms with E-state index in [0.29, 0.717) is 22.9 Å². The molecule has 5 nitrogen and oxygen atoms in total. The first kappa shape index (κ1) is 18.7. The first-order valence-electron chi connectivity index (χ1n) is 8.94.